The van der Waals surface area contributed by atoms with Gasteiger partial charge in [-0.15, -0.1) is 0 Å². The summed E-state index contributed by atoms with van der Waals surface area (Å²) in [6, 6.07) is 8.23. The van der Waals surface area contributed by atoms with E-state index in [0.717, 1.165) is 22.3 Å². The van der Waals surface area contributed by atoms with E-state index >= 15 is 0 Å². The molecule has 1 saturated carbocycles. The van der Waals surface area contributed by atoms with Crippen molar-refractivity contribution in [2.24, 2.45) is 5.92 Å². The maximum Gasteiger partial charge on any atom is 0.233 e. The van der Waals surface area contributed by atoms with E-state index in [4.69, 9.17) is 0 Å². The van der Waals surface area contributed by atoms with Crippen molar-refractivity contribution in [2.75, 3.05) is 0 Å². The molecule has 1 aliphatic carbocycles. The zero-order chi connectivity index (χ0) is 16.2. The number of fused-ring (bicyclic) bond motifs is 1. The molecule has 3 atom stereocenters. The summed E-state index contributed by atoms with van der Waals surface area (Å²) >= 11 is 1.51. The number of carbonyl (C=O) groups is 1. The minimum Gasteiger partial charge on any atom is -0.352 e. The molecule has 1 fully saturated rings. The van der Waals surface area contributed by atoms with Gasteiger partial charge in [-0.2, -0.15) is 0 Å². The summed E-state index contributed by atoms with van der Waals surface area (Å²) in [6.45, 7) is 4.18. The molecule has 1 heterocycles. The number of para-hydroxylation sites is 1. The zero-order valence-corrected chi connectivity index (χ0v) is 14.5. The topological polar surface area (TPSA) is 54.9 Å². The lowest BCUT2D eigenvalue weighted by Gasteiger charge is -2.30. The molecule has 1 N–H and O–H groups in total. The predicted octanol–water partition coefficient (Wildman–Crippen LogP) is 3.81. The quantitative estimate of drug-likeness (QED) is 0.684. The summed E-state index contributed by atoms with van der Waals surface area (Å²) in [5, 5.41) is 4.94. The molecule has 1 aromatic heterocycles. The van der Waals surface area contributed by atoms with Crippen LogP contribution in [0.15, 0.2) is 35.6 Å². The van der Waals surface area contributed by atoms with Crippen molar-refractivity contribution in [3.05, 3.63) is 30.6 Å². The Morgan fingerprint density at radius 3 is 2.87 bits per heavy atom. The molecule has 23 heavy (non-hydrogen) atoms. The average Bonchev–Trinajstić information content (AvgIpc) is 2.57. The minimum atomic E-state index is -0.164. The Morgan fingerprint density at radius 1 is 1.26 bits per heavy atom. The van der Waals surface area contributed by atoms with Gasteiger partial charge in [-0.1, -0.05) is 49.7 Å². The molecule has 0 spiro atoms. The highest BCUT2D eigenvalue weighted by Gasteiger charge is 2.25. The number of nitrogens with zero attached hydrogens (tertiary/aromatic N) is 2. The smallest absolute Gasteiger partial charge is 0.233 e. The summed E-state index contributed by atoms with van der Waals surface area (Å²) in [5.41, 5.74) is 0.915. The fourth-order valence-corrected chi connectivity index (χ4v) is 4.04. The third-order valence-electron chi connectivity index (χ3n) is 4.60. The molecule has 2 aromatic rings. The third-order valence-corrected chi connectivity index (χ3v) is 5.72. The highest BCUT2D eigenvalue weighted by atomic mass is 32.2. The summed E-state index contributed by atoms with van der Waals surface area (Å²) in [6.07, 6.45) is 6.38. The first-order valence-electron chi connectivity index (χ1n) is 8.32. The van der Waals surface area contributed by atoms with Crippen LogP contribution >= 0.6 is 11.8 Å². The molecule has 0 saturated heterocycles. The van der Waals surface area contributed by atoms with Gasteiger partial charge >= 0.3 is 0 Å². The molecule has 3 rings (SSSR count). The normalized spacial score (nSPS) is 22.7. The van der Waals surface area contributed by atoms with Crippen LogP contribution in [0.5, 0.6) is 0 Å². The Hall–Kier alpha value is -1.62. The molecule has 1 aromatic carbocycles. The molecule has 122 valence electrons. The van der Waals surface area contributed by atoms with Crippen molar-refractivity contribution in [3.63, 3.8) is 0 Å². The number of aromatic nitrogens is 2. The van der Waals surface area contributed by atoms with Crippen LogP contribution in [0.25, 0.3) is 10.9 Å². The van der Waals surface area contributed by atoms with E-state index in [1.165, 1.54) is 31.0 Å². The number of thioether (sulfide) groups is 1. The van der Waals surface area contributed by atoms with Crippen molar-refractivity contribution in [1.29, 1.82) is 0 Å². The molecule has 5 heteroatoms. The molecule has 1 aliphatic rings. The molecule has 0 bridgehead atoms. The first-order chi connectivity index (χ1) is 11.1. The molecule has 0 radical (unpaired) electrons. The highest BCUT2D eigenvalue weighted by molar-refractivity contribution is 8.00. The zero-order valence-electron chi connectivity index (χ0n) is 13.7. The van der Waals surface area contributed by atoms with Crippen molar-refractivity contribution in [2.45, 2.75) is 55.8 Å². The third kappa shape index (κ3) is 3.83. The lowest BCUT2D eigenvalue weighted by atomic mass is 9.86. The Labute approximate surface area is 141 Å². The number of benzene rings is 1. The van der Waals surface area contributed by atoms with Gasteiger partial charge in [-0.05, 0) is 31.7 Å². The monoisotopic (exact) mass is 329 g/mol. The first-order valence-corrected chi connectivity index (χ1v) is 9.20. The van der Waals surface area contributed by atoms with E-state index in [9.17, 15) is 4.79 Å². The summed E-state index contributed by atoms with van der Waals surface area (Å²) in [5.74, 6) is 0.682. The van der Waals surface area contributed by atoms with Gasteiger partial charge in [0.05, 0.1) is 10.8 Å². The van der Waals surface area contributed by atoms with Gasteiger partial charge in [0.2, 0.25) is 5.91 Å². The number of rotatable bonds is 4. The number of hydrogen-bond acceptors (Lipinski definition) is 4. The lowest BCUT2D eigenvalue weighted by Crippen LogP contribution is -2.44. The van der Waals surface area contributed by atoms with Gasteiger partial charge in [-0.3, -0.25) is 4.79 Å². The lowest BCUT2D eigenvalue weighted by molar-refractivity contribution is -0.121. The highest BCUT2D eigenvalue weighted by Crippen LogP contribution is 2.29. The maximum absolute atomic E-state index is 12.5. The molecule has 0 aliphatic heterocycles. The SMILES string of the molecule is C[C@@H](Sc1ncnc2ccccc12)C(=O)N[C@@H]1CCCC[C@@H]1C. The van der Waals surface area contributed by atoms with Crippen LogP contribution in [0.2, 0.25) is 0 Å². The van der Waals surface area contributed by atoms with E-state index < -0.39 is 0 Å². The van der Waals surface area contributed by atoms with Crippen molar-refractivity contribution >= 4 is 28.6 Å². The van der Waals surface area contributed by atoms with Crippen molar-refractivity contribution in [3.8, 4) is 0 Å². The number of nitrogens with one attached hydrogen (secondary N) is 1. The van der Waals surface area contributed by atoms with Gasteiger partial charge < -0.3 is 5.32 Å². The van der Waals surface area contributed by atoms with E-state index in [1.807, 2.05) is 31.2 Å². The Balaban J connectivity index is 1.68. The summed E-state index contributed by atoms with van der Waals surface area (Å²) in [4.78, 5) is 21.2. The van der Waals surface area contributed by atoms with Gasteiger partial charge in [0.15, 0.2) is 0 Å². The molecule has 0 unspecified atom stereocenters. The van der Waals surface area contributed by atoms with Crippen LogP contribution in [0.3, 0.4) is 0 Å². The number of amides is 1. The Morgan fingerprint density at radius 2 is 2.04 bits per heavy atom. The van der Waals surface area contributed by atoms with Crippen LogP contribution in [-0.2, 0) is 4.79 Å². The van der Waals surface area contributed by atoms with E-state index in [2.05, 4.69) is 22.2 Å². The molecule has 4 nitrogen and oxygen atoms in total. The standard InChI is InChI=1S/C18H23N3OS/c1-12-7-3-5-9-15(12)21-17(22)13(2)23-18-14-8-4-6-10-16(14)19-11-20-18/h4,6,8,10-13,15H,3,5,7,9H2,1-2H3,(H,21,22)/t12-,13+,15+/m0/s1. The van der Waals surface area contributed by atoms with E-state index in [1.54, 1.807) is 6.33 Å². The fourth-order valence-electron chi connectivity index (χ4n) is 3.13. The predicted molar refractivity (Wildman–Crippen MR) is 94.4 cm³/mol. The first kappa shape index (κ1) is 16.2. The van der Waals surface area contributed by atoms with Gasteiger partial charge in [0.1, 0.15) is 11.4 Å². The molecular weight excluding hydrogens is 306 g/mol. The molecular formula is C18H23N3OS. The summed E-state index contributed by atoms with van der Waals surface area (Å²) in [7, 11) is 0. The maximum atomic E-state index is 12.5. The van der Waals surface area contributed by atoms with Crippen LogP contribution in [-0.4, -0.2) is 27.2 Å². The minimum absolute atomic E-state index is 0.108. The second-order valence-corrected chi connectivity index (χ2v) is 7.66. The second-order valence-electron chi connectivity index (χ2n) is 6.33. The van der Waals surface area contributed by atoms with Crippen LogP contribution in [0.1, 0.15) is 39.5 Å². The number of hydrogen-bond donors (Lipinski definition) is 1. The van der Waals surface area contributed by atoms with Crippen molar-refractivity contribution in [1.82, 2.24) is 15.3 Å². The number of carbonyl (C=O) groups excluding carboxylic acids is 1. The van der Waals surface area contributed by atoms with Crippen molar-refractivity contribution < 1.29 is 4.79 Å². The summed E-state index contributed by atoms with van der Waals surface area (Å²) < 4.78 is 0. The fraction of sp³-hybridized carbons (Fsp3) is 0.500. The Bertz CT molecular complexity index is 686. The van der Waals surface area contributed by atoms with Gasteiger partial charge in [0, 0.05) is 11.4 Å². The van der Waals surface area contributed by atoms with Crippen LogP contribution in [0.4, 0.5) is 0 Å². The van der Waals surface area contributed by atoms with Crippen LogP contribution in [0, 0.1) is 5.92 Å². The average molecular weight is 329 g/mol. The molecule has 1 amide bonds. The van der Waals surface area contributed by atoms with Crippen LogP contribution < -0.4 is 5.32 Å². The Kier molecular flexibility index (Phi) is 5.16. The van der Waals surface area contributed by atoms with E-state index in [0.29, 0.717) is 12.0 Å². The van der Waals surface area contributed by atoms with Gasteiger partial charge in [0.25, 0.3) is 0 Å². The van der Waals surface area contributed by atoms with E-state index in [-0.39, 0.29) is 11.2 Å². The second kappa shape index (κ2) is 7.30. The largest absolute Gasteiger partial charge is 0.352 e. The van der Waals surface area contributed by atoms with Gasteiger partial charge in [-0.25, -0.2) is 9.97 Å².